The highest BCUT2D eigenvalue weighted by atomic mass is 19.1. The summed E-state index contributed by atoms with van der Waals surface area (Å²) in [5.74, 6) is -1.60. The zero-order valence-electron chi connectivity index (χ0n) is 11.0. The maximum Gasteiger partial charge on any atom is 0.322 e. The Kier molecular flexibility index (Phi) is 3.17. The number of nitrogens with one attached hydrogen (secondary N) is 1. The van der Waals surface area contributed by atoms with Crippen molar-refractivity contribution in [2.45, 2.75) is 6.17 Å². The molecule has 0 radical (unpaired) electrons. The Labute approximate surface area is 120 Å². The molecular weight excluding hydrogens is 273 g/mol. The van der Waals surface area contributed by atoms with Crippen LogP contribution in [0.4, 0.5) is 4.39 Å². The summed E-state index contributed by atoms with van der Waals surface area (Å²) < 4.78 is 14.3. The van der Waals surface area contributed by atoms with Gasteiger partial charge in [0.05, 0.1) is 0 Å². The Hall–Kier alpha value is -2.69. The van der Waals surface area contributed by atoms with Crippen molar-refractivity contribution in [2.75, 3.05) is 6.54 Å². The van der Waals surface area contributed by atoms with Crippen molar-refractivity contribution in [1.82, 2.24) is 5.32 Å². The molecule has 4 nitrogen and oxygen atoms in total. The van der Waals surface area contributed by atoms with Crippen LogP contribution in [0.25, 0.3) is 11.1 Å². The molecule has 2 aromatic rings. The molecule has 3 rings (SSSR count). The van der Waals surface area contributed by atoms with Crippen LogP contribution < -0.4 is 5.32 Å². The second kappa shape index (κ2) is 5.01. The van der Waals surface area contributed by atoms with E-state index in [0.29, 0.717) is 22.3 Å². The van der Waals surface area contributed by atoms with Crippen molar-refractivity contribution in [3.05, 3.63) is 59.2 Å². The molecule has 5 heteroatoms. The van der Waals surface area contributed by atoms with Crippen molar-refractivity contribution in [1.29, 1.82) is 0 Å². The number of amides is 1. The molecule has 1 aliphatic carbocycles. The van der Waals surface area contributed by atoms with Crippen molar-refractivity contribution >= 4 is 11.9 Å². The number of carboxylic acid groups (broad SMARTS) is 1. The fraction of sp³-hybridized carbons (Fsp3) is 0.125. The number of halogens is 1. The molecular formula is C16H12FNO3. The lowest BCUT2D eigenvalue weighted by Gasteiger charge is -2.06. The van der Waals surface area contributed by atoms with Gasteiger partial charge in [-0.15, -0.1) is 0 Å². The average Bonchev–Trinajstić information content (AvgIpc) is 2.78. The van der Waals surface area contributed by atoms with Crippen molar-refractivity contribution in [2.24, 2.45) is 0 Å². The number of alkyl halides is 1. The molecule has 21 heavy (non-hydrogen) atoms. The van der Waals surface area contributed by atoms with Gasteiger partial charge in [-0.1, -0.05) is 30.3 Å². The second-order valence-electron chi connectivity index (χ2n) is 4.83. The topological polar surface area (TPSA) is 66.4 Å². The van der Waals surface area contributed by atoms with Crippen LogP contribution >= 0.6 is 0 Å². The summed E-state index contributed by atoms with van der Waals surface area (Å²) in [6.45, 7) is -0.446. The second-order valence-corrected chi connectivity index (χ2v) is 4.83. The van der Waals surface area contributed by atoms with Gasteiger partial charge in [0.25, 0.3) is 5.91 Å². The van der Waals surface area contributed by atoms with Crippen LogP contribution in [0.15, 0.2) is 42.5 Å². The normalized spacial score (nSPS) is 15.2. The summed E-state index contributed by atoms with van der Waals surface area (Å²) in [4.78, 5) is 22.3. The number of carbonyl (C=O) groups is 2. The summed E-state index contributed by atoms with van der Waals surface area (Å²) in [7, 11) is 0. The van der Waals surface area contributed by atoms with Gasteiger partial charge in [0, 0.05) is 5.56 Å². The van der Waals surface area contributed by atoms with E-state index in [-0.39, 0.29) is 0 Å². The van der Waals surface area contributed by atoms with E-state index in [4.69, 9.17) is 5.11 Å². The zero-order valence-corrected chi connectivity index (χ0v) is 11.0. The average molecular weight is 285 g/mol. The SMILES string of the molecule is O=C(O)CNC(=O)c1ccc2c(c1)-c1ccccc1C2F. The molecule has 0 spiro atoms. The van der Waals surface area contributed by atoms with E-state index in [1.165, 1.54) is 6.07 Å². The Bertz CT molecular complexity index is 742. The largest absolute Gasteiger partial charge is 0.480 e. The van der Waals surface area contributed by atoms with Crippen LogP contribution in [-0.2, 0) is 4.79 Å². The first-order valence-electron chi connectivity index (χ1n) is 6.45. The number of fused-ring (bicyclic) bond motifs is 3. The van der Waals surface area contributed by atoms with Crippen LogP contribution in [0.1, 0.15) is 27.7 Å². The molecule has 0 saturated heterocycles. The third kappa shape index (κ3) is 2.27. The van der Waals surface area contributed by atoms with Gasteiger partial charge in [-0.3, -0.25) is 9.59 Å². The van der Waals surface area contributed by atoms with Crippen molar-refractivity contribution in [3.63, 3.8) is 0 Å². The number of carbonyl (C=O) groups excluding carboxylic acids is 1. The lowest BCUT2D eigenvalue weighted by Crippen LogP contribution is -2.29. The Morgan fingerprint density at radius 3 is 2.57 bits per heavy atom. The van der Waals surface area contributed by atoms with Crippen LogP contribution in [-0.4, -0.2) is 23.5 Å². The molecule has 1 amide bonds. The fourth-order valence-corrected chi connectivity index (χ4v) is 2.54. The minimum Gasteiger partial charge on any atom is -0.480 e. The van der Waals surface area contributed by atoms with Gasteiger partial charge in [0.1, 0.15) is 6.54 Å². The van der Waals surface area contributed by atoms with E-state index >= 15 is 0 Å². The first-order valence-corrected chi connectivity index (χ1v) is 6.45. The third-order valence-corrected chi connectivity index (χ3v) is 3.51. The summed E-state index contributed by atoms with van der Waals surface area (Å²) in [5, 5.41) is 10.9. The summed E-state index contributed by atoms with van der Waals surface area (Å²) in [6.07, 6.45) is -1.19. The van der Waals surface area contributed by atoms with Gasteiger partial charge in [-0.2, -0.15) is 0 Å². The van der Waals surface area contributed by atoms with E-state index in [1.807, 2.05) is 12.1 Å². The summed E-state index contributed by atoms with van der Waals surface area (Å²) in [5.41, 5.74) is 2.90. The first-order chi connectivity index (χ1) is 10.1. The summed E-state index contributed by atoms with van der Waals surface area (Å²) in [6, 6.07) is 11.8. The highest BCUT2D eigenvalue weighted by Gasteiger charge is 2.28. The molecule has 0 bridgehead atoms. The highest BCUT2D eigenvalue weighted by molar-refractivity contribution is 5.97. The van der Waals surface area contributed by atoms with Crippen molar-refractivity contribution in [3.8, 4) is 11.1 Å². The van der Waals surface area contributed by atoms with E-state index in [2.05, 4.69) is 5.32 Å². The van der Waals surface area contributed by atoms with Gasteiger partial charge < -0.3 is 10.4 Å². The first kappa shape index (κ1) is 13.3. The van der Waals surface area contributed by atoms with Gasteiger partial charge in [-0.25, -0.2) is 4.39 Å². The van der Waals surface area contributed by atoms with Crippen molar-refractivity contribution < 1.29 is 19.1 Å². The standard InChI is InChI=1S/C16H12FNO3/c17-15-11-4-2-1-3-10(11)13-7-9(5-6-12(13)15)16(21)18-8-14(19)20/h1-7,15H,8H2,(H,18,21)(H,19,20). The third-order valence-electron chi connectivity index (χ3n) is 3.51. The van der Waals surface area contributed by atoms with Gasteiger partial charge in [-0.05, 0) is 34.4 Å². The number of aliphatic carboxylic acids is 1. The molecule has 0 fully saturated rings. The maximum atomic E-state index is 14.3. The van der Waals surface area contributed by atoms with Crippen LogP contribution in [0, 0.1) is 0 Å². The van der Waals surface area contributed by atoms with Gasteiger partial charge in [0.15, 0.2) is 6.17 Å². The van der Waals surface area contributed by atoms with Crippen LogP contribution in [0.2, 0.25) is 0 Å². The quantitative estimate of drug-likeness (QED) is 0.910. The monoisotopic (exact) mass is 285 g/mol. The van der Waals surface area contributed by atoms with Crippen LogP contribution in [0.3, 0.4) is 0 Å². The highest BCUT2D eigenvalue weighted by Crippen LogP contribution is 2.45. The molecule has 106 valence electrons. The Morgan fingerprint density at radius 2 is 1.81 bits per heavy atom. The molecule has 2 N–H and O–H groups in total. The minimum absolute atomic E-state index is 0.318. The van der Waals surface area contributed by atoms with E-state index in [1.54, 1.807) is 24.3 Å². The minimum atomic E-state index is -1.19. The molecule has 2 aromatic carbocycles. The van der Waals surface area contributed by atoms with E-state index < -0.39 is 24.6 Å². The number of benzene rings is 2. The lowest BCUT2D eigenvalue weighted by atomic mass is 10.0. The molecule has 0 saturated carbocycles. The number of rotatable bonds is 3. The Balaban J connectivity index is 1.97. The number of carboxylic acids is 1. The predicted molar refractivity (Wildman–Crippen MR) is 74.8 cm³/mol. The Morgan fingerprint density at radius 1 is 1.10 bits per heavy atom. The molecule has 1 atom stereocenters. The van der Waals surface area contributed by atoms with Gasteiger partial charge in [0.2, 0.25) is 0 Å². The maximum absolute atomic E-state index is 14.3. The number of hydrogen-bond acceptors (Lipinski definition) is 2. The molecule has 0 aromatic heterocycles. The van der Waals surface area contributed by atoms with Crippen LogP contribution in [0.5, 0.6) is 0 Å². The predicted octanol–water partition coefficient (Wildman–Crippen LogP) is 2.54. The number of hydrogen-bond donors (Lipinski definition) is 2. The smallest absolute Gasteiger partial charge is 0.322 e. The zero-order chi connectivity index (χ0) is 15.0. The summed E-state index contributed by atoms with van der Waals surface area (Å²) >= 11 is 0. The fourth-order valence-electron chi connectivity index (χ4n) is 2.54. The van der Waals surface area contributed by atoms with Gasteiger partial charge >= 0.3 is 5.97 Å². The van der Waals surface area contributed by atoms with E-state index in [9.17, 15) is 14.0 Å². The molecule has 1 aliphatic rings. The molecule has 1 unspecified atom stereocenters. The lowest BCUT2D eigenvalue weighted by molar-refractivity contribution is -0.135. The molecule has 0 aliphatic heterocycles. The van der Waals surface area contributed by atoms with E-state index in [0.717, 1.165) is 5.56 Å². The molecule has 0 heterocycles.